The number of fused-ring (bicyclic) bond motifs is 1. The molecule has 0 spiro atoms. The number of carbonyl (C=O) groups excluding carboxylic acids is 2. The lowest BCUT2D eigenvalue weighted by molar-refractivity contribution is -0.351. The normalized spacial score (nSPS) is 20.5. The van der Waals surface area contributed by atoms with Gasteiger partial charge in [-0.05, 0) is 31.0 Å². The average molecular weight is 476 g/mol. The molecule has 8 nitrogen and oxygen atoms in total. The van der Waals surface area contributed by atoms with E-state index in [2.05, 4.69) is 15.2 Å². The molecule has 0 saturated heterocycles. The second kappa shape index (κ2) is 8.24. The van der Waals surface area contributed by atoms with E-state index in [0.29, 0.717) is 11.3 Å². The van der Waals surface area contributed by atoms with Gasteiger partial charge in [-0.15, -0.1) is 13.2 Å². The fourth-order valence-corrected chi connectivity index (χ4v) is 4.01. The van der Waals surface area contributed by atoms with Gasteiger partial charge in [-0.1, -0.05) is 11.6 Å². The monoisotopic (exact) mass is 475 g/mol. The molecule has 1 saturated carbocycles. The highest BCUT2D eigenvalue weighted by Crippen LogP contribution is 2.32. The quantitative estimate of drug-likeness (QED) is 0.663. The molecule has 3 amide bonds. The molecule has 1 aliphatic carbocycles. The van der Waals surface area contributed by atoms with Crippen LogP contribution in [0.3, 0.4) is 0 Å². The number of nitrogens with one attached hydrogen (secondary N) is 1. The van der Waals surface area contributed by atoms with Gasteiger partial charge in [0, 0.05) is 18.2 Å². The number of amides is 3. The van der Waals surface area contributed by atoms with Gasteiger partial charge in [-0.2, -0.15) is 5.10 Å². The van der Waals surface area contributed by atoms with Gasteiger partial charge in [-0.25, -0.2) is 9.18 Å². The average Bonchev–Trinajstić information content (AvgIpc) is 3.06. The molecule has 3 N–H and O–H groups in total. The Bertz CT molecular complexity index is 1070. The zero-order chi connectivity index (χ0) is 23.2. The maximum Gasteiger partial charge on any atom is 0.522 e. The van der Waals surface area contributed by atoms with Crippen molar-refractivity contribution in [2.24, 2.45) is 5.73 Å². The van der Waals surface area contributed by atoms with Gasteiger partial charge >= 0.3 is 12.4 Å². The summed E-state index contributed by atoms with van der Waals surface area (Å²) in [6.07, 6.45) is -5.57. The van der Waals surface area contributed by atoms with Gasteiger partial charge in [0.1, 0.15) is 11.5 Å². The van der Waals surface area contributed by atoms with E-state index in [-0.39, 0.29) is 48.8 Å². The molecule has 32 heavy (non-hydrogen) atoms. The number of rotatable bonds is 4. The molecular formula is C19H18ClF4N5O3. The summed E-state index contributed by atoms with van der Waals surface area (Å²) in [7, 11) is 0. The maximum atomic E-state index is 13.5. The number of nitrogens with zero attached hydrogens (tertiary/aromatic N) is 3. The summed E-state index contributed by atoms with van der Waals surface area (Å²) in [6.45, 7) is 0.543. The van der Waals surface area contributed by atoms with Crippen LogP contribution in [-0.2, 0) is 17.8 Å². The lowest BCUT2D eigenvalue weighted by Crippen LogP contribution is -2.54. The molecular weight excluding hydrogens is 458 g/mol. The molecule has 1 aromatic carbocycles. The summed E-state index contributed by atoms with van der Waals surface area (Å²) in [5.41, 5.74) is 6.68. The third-order valence-electron chi connectivity index (χ3n) is 5.43. The zero-order valence-corrected chi connectivity index (χ0v) is 17.2. The Hall–Kier alpha value is -2.86. The number of primary amides is 1. The largest absolute Gasteiger partial charge is 0.522 e. The van der Waals surface area contributed by atoms with Crippen LogP contribution in [0.4, 0.5) is 22.4 Å². The van der Waals surface area contributed by atoms with Gasteiger partial charge < -0.3 is 16.0 Å². The van der Waals surface area contributed by atoms with Crippen molar-refractivity contribution >= 4 is 23.5 Å². The molecule has 1 fully saturated rings. The number of aromatic nitrogens is 2. The number of nitrogens with two attached hydrogens (primary N) is 1. The number of ether oxygens (including phenoxy) is 1. The number of alkyl halides is 3. The first-order chi connectivity index (χ1) is 15.0. The first-order valence-electron chi connectivity index (χ1n) is 9.66. The standard InChI is InChI=1S/C19H18ClF4N5O3/c20-12-5-9(1-2-13(12)21)16-15(17(25)30)14-8-28(3-4-29(14)27-16)18(31)26-10-6-11(7-10)32-19(22,23)24/h1-2,5,10-11H,3-4,6-8H2,(H2,25,30)(H,26,31)/t10-,11-. The summed E-state index contributed by atoms with van der Waals surface area (Å²) < 4.78 is 55.7. The summed E-state index contributed by atoms with van der Waals surface area (Å²) in [6, 6.07) is 2.99. The van der Waals surface area contributed by atoms with E-state index >= 15 is 0 Å². The number of halogens is 5. The molecule has 13 heteroatoms. The molecule has 1 aromatic heterocycles. The van der Waals surface area contributed by atoms with Crippen LogP contribution in [0, 0.1) is 5.82 Å². The van der Waals surface area contributed by atoms with E-state index in [1.54, 1.807) is 4.68 Å². The molecule has 0 bridgehead atoms. The predicted octanol–water partition coefficient (Wildman–Crippen LogP) is 3.03. The molecule has 2 aromatic rings. The van der Waals surface area contributed by atoms with Gasteiger partial charge in [0.05, 0.1) is 35.5 Å². The Morgan fingerprint density at radius 1 is 1.25 bits per heavy atom. The summed E-state index contributed by atoms with van der Waals surface area (Å²) in [4.78, 5) is 26.2. The summed E-state index contributed by atoms with van der Waals surface area (Å²) in [5, 5.41) is 6.92. The third-order valence-corrected chi connectivity index (χ3v) is 5.72. The first-order valence-corrected chi connectivity index (χ1v) is 10.0. The first kappa shape index (κ1) is 22.3. The number of carbonyl (C=O) groups is 2. The van der Waals surface area contributed by atoms with Gasteiger partial charge in [0.15, 0.2) is 0 Å². The highest BCUT2D eigenvalue weighted by molar-refractivity contribution is 6.31. The lowest BCUT2D eigenvalue weighted by atomic mass is 9.89. The minimum Gasteiger partial charge on any atom is -0.365 e. The number of hydrogen-bond donors (Lipinski definition) is 2. The molecule has 0 atom stereocenters. The van der Waals surface area contributed by atoms with E-state index in [9.17, 15) is 27.2 Å². The van der Waals surface area contributed by atoms with Crippen LogP contribution in [0.5, 0.6) is 0 Å². The Morgan fingerprint density at radius 3 is 2.59 bits per heavy atom. The van der Waals surface area contributed by atoms with Crippen molar-refractivity contribution in [3.8, 4) is 11.3 Å². The third kappa shape index (κ3) is 4.51. The van der Waals surface area contributed by atoms with Crippen LogP contribution >= 0.6 is 11.6 Å². The van der Waals surface area contributed by atoms with Crippen LogP contribution in [0.2, 0.25) is 5.02 Å². The second-order valence-corrected chi connectivity index (χ2v) is 8.02. The number of hydrogen-bond acceptors (Lipinski definition) is 4. The van der Waals surface area contributed by atoms with Crippen LogP contribution in [0.15, 0.2) is 18.2 Å². The minimum atomic E-state index is -4.71. The zero-order valence-electron chi connectivity index (χ0n) is 16.5. The van der Waals surface area contributed by atoms with Crippen molar-refractivity contribution in [3.05, 3.63) is 40.3 Å². The second-order valence-electron chi connectivity index (χ2n) is 7.61. The molecule has 172 valence electrons. The van der Waals surface area contributed by atoms with Crippen LogP contribution in [0.1, 0.15) is 28.9 Å². The topological polar surface area (TPSA) is 102 Å². The fourth-order valence-electron chi connectivity index (χ4n) is 3.83. The molecule has 2 heterocycles. The minimum absolute atomic E-state index is 0.0151. The van der Waals surface area contributed by atoms with E-state index in [1.165, 1.54) is 17.0 Å². The summed E-state index contributed by atoms with van der Waals surface area (Å²) >= 11 is 5.84. The van der Waals surface area contributed by atoms with Crippen molar-refractivity contribution < 1.29 is 31.9 Å². The predicted molar refractivity (Wildman–Crippen MR) is 104 cm³/mol. The van der Waals surface area contributed by atoms with E-state index < -0.39 is 36.3 Å². The smallest absolute Gasteiger partial charge is 0.365 e. The SMILES string of the molecule is NC(=O)c1c(-c2ccc(F)c(Cl)c2)nn2c1CN(C(=O)N[C@H]1C[C@H](OC(F)(F)F)C1)CC2. The Balaban J connectivity index is 1.47. The Morgan fingerprint density at radius 2 is 1.97 bits per heavy atom. The van der Waals surface area contributed by atoms with Crippen LogP contribution in [-0.4, -0.2) is 51.7 Å². The Labute approximate surface area is 184 Å². The molecule has 4 rings (SSSR count). The molecule has 1 aliphatic heterocycles. The van der Waals surface area contributed by atoms with E-state index in [1.807, 2.05) is 0 Å². The fraction of sp³-hybridized carbons (Fsp3) is 0.421. The van der Waals surface area contributed by atoms with Crippen molar-refractivity contribution in [1.29, 1.82) is 0 Å². The van der Waals surface area contributed by atoms with E-state index in [4.69, 9.17) is 17.3 Å². The van der Waals surface area contributed by atoms with Crippen molar-refractivity contribution in [2.75, 3.05) is 6.54 Å². The summed E-state index contributed by atoms with van der Waals surface area (Å²) in [5.74, 6) is -1.39. The van der Waals surface area contributed by atoms with Gasteiger partial charge in [-0.3, -0.25) is 14.2 Å². The lowest BCUT2D eigenvalue weighted by Gasteiger charge is -2.37. The number of urea groups is 1. The molecule has 0 unspecified atom stereocenters. The highest BCUT2D eigenvalue weighted by Gasteiger charge is 2.41. The van der Waals surface area contributed by atoms with Gasteiger partial charge in [0.25, 0.3) is 5.91 Å². The van der Waals surface area contributed by atoms with Crippen LogP contribution in [0.25, 0.3) is 11.3 Å². The van der Waals surface area contributed by atoms with Crippen molar-refractivity contribution in [3.63, 3.8) is 0 Å². The van der Waals surface area contributed by atoms with Crippen molar-refractivity contribution in [2.45, 2.75) is 44.4 Å². The van der Waals surface area contributed by atoms with E-state index in [0.717, 1.165) is 6.07 Å². The maximum absolute atomic E-state index is 13.5. The Kier molecular flexibility index (Phi) is 5.76. The molecule has 2 aliphatic rings. The molecule has 0 radical (unpaired) electrons. The number of benzene rings is 1. The van der Waals surface area contributed by atoms with Crippen molar-refractivity contribution in [1.82, 2.24) is 20.0 Å². The highest BCUT2D eigenvalue weighted by atomic mass is 35.5. The van der Waals surface area contributed by atoms with Crippen LogP contribution < -0.4 is 11.1 Å². The van der Waals surface area contributed by atoms with Gasteiger partial charge in [0.2, 0.25) is 0 Å².